The summed E-state index contributed by atoms with van der Waals surface area (Å²) in [5, 5.41) is 12.1. The minimum atomic E-state index is 0.0746. The fraction of sp³-hybridized carbons (Fsp3) is 0.167. The number of aromatic nitrogens is 2. The van der Waals surface area contributed by atoms with Gasteiger partial charge in [-0.1, -0.05) is 24.3 Å². The van der Waals surface area contributed by atoms with Gasteiger partial charge in [-0.2, -0.15) is 0 Å². The Morgan fingerprint density at radius 1 is 1.18 bits per heavy atom. The molecule has 1 aromatic carbocycles. The Labute approximate surface area is 108 Å². The maximum atomic E-state index is 8.93. The number of aliphatic hydroxyl groups excluding tert-OH is 1. The van der Waals surface area contributed by atoms with Gasteiger partial charge >= 0.3 is 0 Å². The van der Waals surface area contributed by atoms with E-state index in [0.29, 0.717) is 6.54 Å². The van der Waals surface area contributed by atoms with Gasteiger partial charge in [-0.05, 0) is 27.1 Å². The number of hydrogen-bond donors (Lipinski definition) is 2. The second-order valence-electron chi connectivity index (χ2n) is 3.55. The molecule has 0 aliphatic heterocycles. The molecule has 1 aromatic heterocycles. The quantitative estimate of drug-likeness (QED) is 0.908. The molecule has 0 unspecified atom stereocenters. The summed E-state index contributed by atoms with van der Waals surface area (Å²) in [6.45, 7) is 0.756. The highest BCUT2D eigenvalue weighted by Crippen LogP contribution is 2.17. The minimum Gasteiger partial charge on any atom is -0.392 e. The Morgan fingerprint density at radius 3 is 2.53 bits per heavy atom. The number of halogens is 1. The lowest BCUT2D eigenvalue weighted by atomic mass is 10.1. The maximum Gasteiger partial charge on any atom is 0.144 e. The molecule has 88 valence electrons. The molecule has 2 rings (SSSR count). The fourth-order valence-electron chi connectivity index (χ4n) is 1.39. The van der Waals surface area contributed by atoms with E-state index in [0.717, 1.165) is 21.4 Å². The topological polar surface area (TPSA) is 58.0 Å². The molecule has 2 aromatic rings. The van der Waals surface area contributed by atoms with Crippen molar-refractivity contribution in [1.29, 1.82) is 0 Å². The van der Waals surface area contributed by atoms with Crippen molar-refractivity contribution in [2.24, 2.45) is 0 Å². The second kappa shape index (κ2) is 5.75. The second-order valence-corrected chi connectivity index (χ2v) is 4.40. The molecule has 0 aliphatic rings. The van der Waals surface area contributed by atoms with Crippen molar-refractivity contribution in [3.63, 3.8) is 0 Å². The molecule has 0 amide bonds. The van der Waals surface area contributed by atoms with Gasteiger partial charge in [0.1, 0.15) is 12.1 Å². The van der Waals surface area contributed by atoms with Gasteiger partial charge in [0.15, 0.2) is 0 Å². The van der Waals surface area contributed by atoms with Crippen LogP contribution < -0.4 is 5.32 Å². The van der Waals surface area contributed by atoms with E-state index in [4.69, 9.17) is 5.11 Å². The highest BCUT2D eigenvalue weighted by Gasteiger charge is 2.00. The fourth-order valence-corrected chi connectivity index (χ4v) is 1.75. The first-order chi connectivity index (χ1) is 8.29. The average Bonchev–Trinajstić information content (AvgIpc) is 2.38. The first kappa shape index (κ1) is 12.0. The summed E-state index contributed by atoms with van der Waals surface area (Å²) in [5.74, 6) is 0.770. The van der Waals surface area contributed by atoms with Crippen LogP contribution in [0.1, 0.15) is 11.1 Å². The van der Waals surface area contributed by atoms with E-state index in [1.807, 2.05) is 24.3 Å². The monoisotopic (exact) mass is 293 g/mol. The third-order valence-corrected chi connectivity index (χ3v) is 2.91. The molecule has 0 saturated heterocycles. The molecular formula is C12H12BrN3O. The Hall–Kier alpha value is -1.46. The molecule has 0 saturated carbocycles. The van der Waals surface area contributed by atoms with Crippen molar-refractivity contribution in [1.82, 2.24) is 9.97 Å². The smallest absolute Gasteiger partial charge is 0.144 e. The van der Waals surface area contributed by atoms with Crippen molar-refractivity contribution in [3.05, 3.63) is 52.4 Å². The van der Waals surface area contributed by atoms with E-state index in [1.165, 1.54) is 6.33 Å². The van der Waals surface area contributed by atoms with Crippen LogP contribution in [0, 0.1) is 0 Å². The lowest BCUT2D eigenvalue weighted by molar-refractivity contribution is 0.282. The van der Waals surface area contributed by atoms with Gasteiger partial charge in [-0.3, -0.25) is 0 Å². The molecule has 4 nitrogen and oxygen atoms in total. The van der Waals surface area contributed by atoms with Crippen LogP contribution in [0.4, 0.5) is 5.82 Å². The molecule has 0 aliphatic carbocycles. The summed E-state index contributed by atoms with van der Waals surface area (Å²) in [5.41, 5.74) is 2.05. The molecular weight excluding hydrogens is 282 g/mol. The molecule has 17 heavy (non-hydrogen) atoms. The molecule has 0 atom stereocenters. The van der Waals surface area contributed by atoms with Gasteiger partial charge < -0.3 is 10.4 Å². The van der Waals surface area contributed by atoms with Crippen molar-refractivity contribution in [2.75, 3.05) is 5.32 Å². The predicted octanol–water partition coefficient (Wildman–Crippen LogP) is 2.34. The standard InChI is InChI=1S/C12H12BrN3O/c13-11-6-14-8-16-12(11)15-5-9-1-3-10(7-17)4-2-9/h1-4,6,8,17H,5,7H2,(H,14,15,16). The van der Waals surface area contributed by atoms with Crippen LogP contribution in [0.3, 0.4) is 0 Å². The largest absolute Gasteiger partial charge is 0.392 e. The first-order valence-electron chi connectivity index (χ1n) is 5.17. The van der Waals surface area contributed by atoms with E-state index < -0.39 is 0 Å². The average molecular weight is 294 g/mol. The number of nitrogens with zero attached hydrogens (tertiary/aromatic N) is 2. The molecule has 0 spiro atoms. The van der Waals surface area contributed by atoms with Crippen molar-refractivity contribution < 1.29 is 5.11 Å². The van der Waals surface area contributed by atoms with Gasteiger partial charge in [0.2, 0.25) is 0 Å². The summed E-state index contributed by atoms with van der Waals surface area (Å²) >= 11 is 3.37. The number of nitrogens with one attached hydrogen (secondary N) is 1. The van der Waals surface area contributed by atoms with Crippen LogP contribution in [-0.4, -0.2) is 15.1 Å². The van der Waals surface area contributed by atoms with Crippen LogP contribution in [0.5, 0.6) is 0 Å². The first-order valence-corrected chi connectivity index (χ1v) is 5.97. The van der Waals surface area contributed by atoms with Gasteiger partial charge in [0.05, 0.1) is 11.1 Å². The van der Waals surface area contributed by atoms with E-state index >= 15 is 0 Å². The van der Waals surface area contributed by atoms with Gasteiger partial charge in [0.25, 0.3) is 0 Å². The van der Waals surface area contributed by atoms with E-state index in [-0.39, 0.29) is 6.61 Å². The van der Waals surface area contributed by atoms with Crippen molar-refractivity contribution >= 4 is 21.7 Å². The number of rotatable bonds is 4. The molecule has 2 N–H and O–H groups in total. The van der Waals surface area contributed by atoms with Gasteiger partial charge in [-0.15, -0.1) is 0 Å². The van der Waals surface area contributed by atoms with Crippen LogP contribution in [0.25, 0.3) is 0 Å². The Balaban J connectivity index is 2.00. The molecule has 5 heteroatoms. The normalized spacial score (nSPS) is 10.2. The predicted molar refractivity (Wildman–Crippen MR) is 69.4 cm³/mol. The van der Waals surface area contributed by atoms with E-state index in [1.54, 1.807) is 6.20 Å². The number of benzene rings is 1. The number of hydrogen-bond acceptors (Lipinski definition) is 4. The van der Waals surface area contributed by atoms with Crippen molar-refractivity contribution in [2.45, 2.75) is 13.2 Å². The summed E-state index contributed by atoms with van der Waals surface area (Å²) in [6, 6.07) is 7.78. The molecule has 1 heterocycles. The summed E-state index contributed by atoms with van der Waals surface area (Å²) in [7, 11) is 0. The Morgan fingerprint density at radius 2 is 1.88 bits per heavy atom. The van der Waals surface area contributed by atoms with Crippen molar-refractivity contribution in [3.8, 4) is 0 Å². The van der Waals surface area contributed by atoms with Gasteiger partial charge in [-0.25, -0.2) is 9.97 Å². The third kappa shape index (κ3) is 3.25. The summed E-state index contributed by atoms with van der Waals surface area (Å²) < 4.78 is 0.840. The highest BCUT2D eigenvalue weighted by atomic mass is 79.9. The Bertz CT molecular complexity index is 487. The number of aliphatic hydroxyl groups is 1. The molecule has 0 radical (unpaired) electrons. The lowest BCUT2D eigenvalue weighted by Gasteiger charge is -2.07. The third-order valence-electron chi connectivity index (χ3n) is 2.33. The van der Waals surface area contributed by atoms with Crippen LogP contribution in [-0.2, 0) is 13.2 Å². The lowest BCUT2D eigenvalue weighted by Crippen LogP contribution is -2.02. The summed E-state index contributed by atoms with van der Waals surface area (Å²) in [4.78, 5) is 8.01. The zero-order valence-electron chi connectivity index (χ0n) is 9.10. The SMILES string of the molecule is OCc1ccc(CNc2ncncc2Br)cc1. The zero-order valence-corrected chi connectivity index (χ0v) is 10.7. The van der Waals surface area contributed by atoms with Crippen LogP contribution in [0.15, 0.2) is 41.3 Å². The van der Waals surface area contributed by atoms with E-state index in [2.05, 4.69) is 31.2 Å². The summed E-state index contributed by atoms with van der Waals surface area (Å²) in [6.07, 6.45) is 3.20. The van der Waals surface area contributed by atoms with E-state index in [9.17, 15) is 0 Å². The maximum absolute atomic E-state index is 8.93. The molecule has 0 fully saturated rings. The zero-order chi connectivity index (χ0) is 12.1. The molecule has 0 bridgehead atoms. The number of anilines is 1. The van der Waals surface area contributed by atoms with Crippen LogP contribution >= 0.6 is 15.9 Å². The van der Waals surface area contributed by atoms with Gasteiger partial charge in [0, 0.05) is 12.7 Å². The minimum absolute atomic E-state index is 0.0746. The van der Waals surface area contributed by atoms with Crippen LogP contribution in [0.2, 0.25) is 0 Å². The highest BCUT2D eigenvalue weighted by molar-refractivity contribution is 9.10. The Kier molecular flexibility index (Phi) is 4.06.